The smallest absolute Gasteiger partial charge is 0.305 e. The minimum atomic E-state index is -1.58. The molecule has 0 aromatic carbocycles. The second kappa shape index (κ2) is 47.2. The largest absolute Gasteiger partial charge is 0.466 e. The molecule has 7 unspecified atom stereocenters. The van der Waals surface area contributed by atoms with Gasteiger partial charge in [-0.15, -0.1) is 0 Å². The molecule has 0 bridgehead atoms. The lowest BCUT2D eigenvalue weighted by Gasteiger charge is -2.40. The number of allylic oxidation sites excluding steroid dienone is 5. The Hall–Kier alpha value is -2.12. The van der Waals surface area contributed by atoms with Gasteiger partial charge in [0.2, 0.25) is 5.91 Å². The molecule has 0 saturated carbocycles. The van der Waals surface area contributed by atoms with Crippen molar-refractivity contribution in [2.45, 2.75) is 294 Å². The highest BCUT2D eigenvalue weighted by molar-refractivity contribution is 5.76. The number of aliphatic hydroxyl groups is 5. The van der Waals surface area contributed by atoms with Crippen LogP contribution in [-0.4, -0.2) is 100 Å². The molecule has 0 aromatic heterocycles. The zero-order valence-corrected chi connectivity index (χ0v) is 43.6. The maximum atomic E-state index is 13.0. The Morgan fingerprint density at radius 1 is 0.529 bits per heavy atom. The maximum Gasteiger partial charge on any atom is 0.305 e. The number of rotatable bonds is 48. The Kier molecular flexibility index (Phi) is 44.4. The van der Waals surface area contributed by atoms with Crippen LogP contribution in [0, 0.1) is 0 Å². The molecule has 6 N–H and O–H groups in total. The molecule has 0 aromatic rings. The van der Waals surface area contributed by atoms with Crippen LogP contribution in [0.4, 0.5) is 0 Å². The molecule has 11 heteroatoms. The average molecular weight is 964 g/mol. The van der Waals surface area contributed by atoms with E-state index in [4.69, 9.17) is 14.2 Å². The number of carbonyl (C=O) groups is 2. The third-order valence-corrected chi connectivity index (χ3v) is 13.2. The molecule has 1 aliphatic heterocycles. The Balaban J connectivity index is 2.19. The molecule has 0 radical (unpaired) electrons. The maximum absolute atomic E-state index is 13.0. The highest BCUT2D eigenvalue weighted by atomic mass is 16.7. The first-order valence-corrected chi connectivity index (χ1v) is 28.3. The summed E-state index contributed by atoms with van der Waals surface area (Å²) in [6.45, 7) is 4.25. The van der Waals surface area contributed by atoms with E-state index in [1.54, 1.807) is 6.08 Å². The zero-order valence-electron chi connectivity index (χ0n) is 43.6. The minimum Gasteiger partial charge on any atom is -0.466 e. The van der Waals surface area contributed by atoms with E-state index >= 15 is 0 Å². The molecule has 1 fully saturated rings. The van der Waals surface area contributed by atoms with Crippen molar-refractivity contribution in [2.75, 3.05) is 19.8 Å². The van der Waals surface area contributed by atoms with Crippen LogP contribution in [0.3, 0.4) is 0 Å². The van der Waals surface area contributed by atoms with Crippen LogP contribution in [-0.2, 0) is 23.8 Å². The predicted molar refractivity (Wildman–Crippen MR) is 278 cm³/mol. The average Bonchev–Trinajstić information content (AvgIpc) is 3.33. The summed E-state index contributed by atoms with van der Waals surface area (Å²) in [5.74, 6) is -0.238. The molecule has 7 atom stereocenters. The van der Waals surface area contributed by atoms with E-state index in [1.165, 1.54) is 154 Å². The van der Waals surface area contributed by atoms with Crippen molar-refractivity contribution in [3.63, 3.8) is 0 Å². The quantitative estimate of drug-likeness (QED) is 0.0196. The van der Waals surface area contributed by atoms with Gasteiger partial charge in [0.05, 0.1) is 32.0 Å². The number of nitrogens with one attached hydrogen (secondary N) is 1. The number of carbonyl (C=O) groups excluding carboxylic acids is 2. The second-order valence-electron chi connectivity index (χ2n) is 19.6. The highest BCUT2D eigenvalue weighted by Gasteiger charge is 2.44. The van der Waals surface area contributed by atoms with Crippen molar-refractivity contribution < 1.29 is 49.3 Å². The van der Waals surface area contributed by atoms with Gasteiger partial charge in [-0.1, -0.05) is 211 Å². The topological polar surface area (TPSA) is 175 Å². The van der Waals surface area contributed by atoms with Crippen molar-refractivity contribution in [3.8, 4) is 0 Å². The SMILES string of the molecule is CCCC/C=C\CCCCCCCC(=O)OCCCCCCCCCCCCCCCCC(=O)NC(COC1OC(CO)C(O)C(O)C1O)C(O)/C=C/CC/C=C/CCCCCCCCCCC. The van der Waals surface area contributed by atoms with Gasteiger partial charge in [-0.25, -0.2) is 0 Å². The van der Waals surface area contributed by atoms with Crippen LogP contribution in [0.5, 0.6) is 0 Å². The summed E-state index contributed by atoms with van der Waals surface area (Å²) in [6, 6.07) is -0.836. The van der Waals surface area contributed by atoms with Crippen molar-refractivity contribution in [3.05, 3.63) is 36.5 Å². The first kappa shape index (κ1) is 63.9. The van der Waals surface area contributed by atoms with Crippen molar-refractivity contribution in [1.82, 2.24) is 5.32 Å². The van der Waals surface area contributed by atoms with E-state index in [2.05, 4.69) is 43.5 Å². The summed E-state index contributed by atoms with van der Waals surface area (Å²) in [6.07, 6.45) is 46.4. The molecule has 0 spiro atoms. The van der Waals surface area contributed by atoms with E-state index in [-0.39, 0.29) is 18.5 Å². The molecule has 0 aliphatic carbocycles. The number of hydrogen-bond donors (Lipinski definition) is 6. The molecule has 1 aliphatic rings. The van der Waals surface area contributed by atoms with Gasteiger partial charge < -0.3 is 45.1 Å². The Morgan fingerprint density at radius 2 is 0.971 bits per heavy atom. The fourth-order valence-electron chi connectivity index (χ4n) is 8.67. The highest BCUT2D eigenvalue weighted by Crippen LogP contribution is 2.23. The van der Waals surface area contributed by atoms with E-state index in [9.17, 15) is 35.1 Å². The van der Waals surface area contributed by atoms with Crippen LogP contribution < -0.4 is 5.32 Å². The second-order valence-corrected chi connectivity index (χ2v) is 19.6. The van der Waals surface area contributed by atoms with Gasteiger partial charge in [0, 0.05) is 12.8 Å². The van der Waals surface area contributed by atoms with Crippen molar-refractivity contribution in [2.24, 2.45) is 0 Å². The van der Waals surface area contributed by atoms with Gasteiger partial charge >= 0.3 is 5.97 Å². The van der Waals surface area contributed by atoms with Crippen LogP contribution in [0.25, 0.3) is 0 Å². The molecule has 1 saturated heterocycles. The number of aliphatic hydroxyl groups excluding tert-OH is 5. The number of unbranched alkanes of at least 4 members (excludes halogenated alkanes) is 30. The molecule has 68 heavy (non-hydrogen) atoms. The lowest BCUT2D eigenvalue weighted by Crippen LogP contribution is -2.60. The molecule has 1 rings (SSSR count). The predicted octanol–water partition coefficient (Wildman–Crippen LogP) is 12.3. The summed E-state index contributed by atoms with van der Waals surface area (Å²) in [7, 11) is 0. The number of ether oxygens (including phenoxy) is 3. The van der Waals surface area contributed by atoms with Crippen molar-refractivity contribution in [1.29, 1.82) is 0 Å². The third-order valence-electron chi connectivity index (χ3n) is 13.2. The van der Waals surface area contributed by atoms with Crippen LogP contribution in [0.1, 0.15) is 251 Å². The number of amides is 1. The summed E-state index contributed by atoms with van der Waals surface area (Å²) in [5, 5.41) is 54.4. The van der Waals surface area contributed by atoms with Gasteiger partial charge in [0.15, 0.2) is 6.29 Å². The van der Waals surface area contributed by atoms with E-state index in [0.29, 0.717) is 19.4 Å². The molecule has 11 nitrogen and oxygen atoms in total. The van der Waals surface area contributed by atoms with Crippen LogP contribution >= 0.6 is 0 Å². The van der Waals surface area contributed by atoms with Gasteiger partial charge in [-0.2, -0.15) is 0 Å². The van der Waals surface area contributed by atoms with E-state index < -0.39 is 49.5 Å². The third kappa shape index (κ3) is 36.8. The summed E-state index contributed by atoms with van der Waals surface area (Å²) in [5.41, 5.74) is 0. The standard InChI is InChI=1S/C57H105NO10/c1-3-5-7-9-11-13-15-16-17-20-24-27-31-35-39-43-50(60)49(48-67-57-56(65)55(64)54(63)51(47-59)68-57)58-52(61)44-40-36-32-28-25-21-18-19-22-26-30-34-38-42-46-66-53(62)45-41-37-33-29-23-14-12-10-8-6-4-2/h10,12,24,27,39,43,49-51,54-57,59-60,63-65H,3-9,11,13-23,25-26,28-38,40-42,44-48H2,1-2H3,(H,58,61)/b12-10-,27-24+,43-39+. The Labute approximate surface area is 415 Å². The van der Waals surface area contributed by atoms with Crippen LogP contribution in [0.2, 0.25) is 0 Å². The van der Waals surface area contributed by atoms with Gasteiger partial charge in [-0.05, 0) is 64.2 Å². The molecular formula is C57H105NO10. The first-order chi connectivity index (χ1) is 33.2. The molecule has 1 amide bonds. The Morgan fingerprint density at radius 3 is 1.50 bits per heavy atom. The fraction of sp³-hybridized carbons (Fsp3) is 0.860. The molecule has 398 valence electrons. The van der Waals surface area contributed by atoms with Crippen molar-refractivity contribution >= 4 is 11.9 Å². The lowest BCUT2D eigenvalue weighted by molar-refractivity contribution is -0.302. The number of hydrogen-bond acceptors (Lipinski definition) is 10. The summed E-state index contributed by atoms with van der Waals surface area (Å²) in [4.78, 5) is 25.1. The zero-order chi connectivity index (χ0) is 49.6. The molecule has 1 heterocycles. The van der Waals surface area contributed by atoms with Gasteiger partial charge in [-0.3, -0.25) is 9.59 Å². The summed E-state index contributed by atoms with van der Waals surface area (Å²) < 4.78 is 16.7. The van der Waals surface area contributed by atoms with E-state index in [1.807, 2.05) is 6.08 Å². The van der Waals surface area contributed by atoms with Crippen LogP contribution in [0.15, 0.2) is 36.5 Å². The summed E-state index contributed by atoms with van der Waals surface area (Å²) >= 11 is 0. The first-order valence-electron chi connectivity index (χ1n) is 28.3. The molecular weight excluding hydrogens is 859 g/mol. The fourth-order valence-corrected chi connectivity index (χ4v) is 8.67. The Bertz CT molecular complexity index is 1230. The normalized spacial score (nSPS) is 19.7. The van der Waals surface area contributed by atoms with E-state index in [0.717, 1.165) is 70.6 Å². The minimum absolute atomic E-state index is 0.0350. The lowest BCUT2D eigenvalue weighted by atomic mass is 9.99. The van der Waals surface area contributed by atoms with Gasteiger partial charge in [0.25, 0.3) is 0 Å². The van der Waals surface area contributed by atoms with Gasteiger partial charge in [0.1, 0.15) is 24.4 Å². The monoisotopic (exact) mass is 964 g/mol. The number of esters is 1.